The van der Waals surface area contributed by atoms with E-state index in [1.54, 1.807) is 20.1 Å². The van der Waals surface area contributed by atoms with Crippen molar-refractivity contribution in [3.63, 3.8) is 0 Å². The lowest BCUT2D eigenvalue weighted by atomic mass is 9.92. The minimum atomic E-state index is -0.385. The molecule has 0 saturated heterocycles. The number of methoxy groups -OCH3 is 1. The molecule has 3 aromatic carbocycles. The number of nitrogens with zero attached hydrogens (tertiary/aromatic N) is 2. The van der Waals surface area contributed by atoms with E-state index in [1.807, 2.05) is 60.1 Å². The van der Waals surface area contributed by atoms with Crippen LogP contribution in [-0.2, 0) is 17.7 Å². The molecule has 0 bridgehead atoms. The van der Waals surface area contributed by atoms with E-state index in [0.717, 1.165) is 33.3 Å². The van der Waals surface area contributed by atoms with E-state index in [0.29, 0.717) is 36.4 Å². The Bertz CT molecular complexity index is 1370. The van der Waals surface area contributed by atoms with Crippen LogP contribution in [-0.4, -0.2) is 35.3 Å². The molecule has 0 unspecified atom stereocenters. The minimum absolute atomic E-state index is 0.0312. The van der Waals surface area contributed by atoms with Crippen LogP contribution >= 0.6 is 0 Å². The number of hydrogen-bond acceptors (Lipinski definition) is 5. The van der Waals surface area contributed by atoms with Crippen molar-refractivity contribution >= 4 is 22.7 Å². The molecule has 0 fully saturated rings. The number of fused-ring (bicyclic) bond motifs is 1. The molecule has 7 nitrogen and oxygen atoms in total. The highest BCUT2D eigenvalue weighted by Gasteiger charge is 2.19. The van der Waals surface area contributed by atoms with Gasteiger partial charge in [-0.1, -0.05) is 36.4 Å². The molecule has 0 spiro atoms. The molecule has 0 atom stereocenters. The summed E-state index contributed by atoms with van der Waals surface area (Å²) in [5.74, 6) is 0.241. The quantitative estimate of drug-likeness (QED) is 0.226. The number of aromatic nitrogens is 2. The number of hydrogen-bond donors (Lipinski definition) is 2. The third-order valence-electron chi connectivity index (χ3n) is 5.83. The third-order valence-corrected chi connectivity index (χ3v) is 5.83. The highest BCUT2D eigenvalue weighted by Crippen LogP contribution is 2.33. The van der Waals surface area contributed by atoms with Gasteiger partial charge in [-0.3, -0.25) is 10.1 Å². The molecule has 0 aliphatic carbocycles. The molecule has 0 aliphatic heterocycles. The van der Waals surface area contributed by atoms with Crippen molar-refractivity contribution in [2.45, 2.75) is 26.8 Å². The Balaban J connectivity index is 1.82. The van der Waals surface area contributed by atoms with Gasteiger partial charge in [0, 0.05) is 23.9 Å². The fraction of sp³-hybridized carbons (Fsp3) is 0.222. The number of benzene rings is 3. The highest BCUT2D eigenvalue weighted by molar-refractivity contribution is 5.99. The van der Waals surface area contributed by atoms with Crippen molar-refractivity contribution in [1.29, 1.82) is 5.41 Å². The van der Waals surface area contributed by atoms with Crippen LogP contribution in [0.3, 0.4) is 0 Å². The number of carbonyl (C=O) groups is 1. The summed E-state index contributed by atoms with van der Waals surface area (Å²) in [6.45, 7) is 4.82. The predicted octanol–water partition coefficient (Wildman–Crippen LogP) is 4.78. The smallest absolute Gasteiger partial charge is 0.338 e. The fourth-order valence-electron chi connectivity index (χ4n) is 4.16. The van der Waals surface area contributed by atoms with Crippen LogP contribution in [0.5, 0.6) is 5.75 Å². The van der Waals surface area contributed by atoms with E-state index in [2.05, 4.69) is 6.07 Å². The molecule has 1 aromatic heterocycles. The summed E-state index contributed by atoms with van der Waals surface area (Å²) in [6.07, 6.45) is 0.577. The zero-order valence-electron chi connectivity index (χ0n) is 19.6. The second-order valence-corrected chi connectivity index (χ2v) is 7.87. The zero-order valence-corrected chi connectivity index (χ0v) is 19.6. The van der Waals surface area contributed by atoms with Gasteiger partial charge in [-0.15, -0.1) is 0 Å². The second kappa shape index (κ2) is 9.79. The van der Waals surface area contributed by atoms with Gasteiger partial charge in [0.15, 0.2) is 0 Å². The van der Waals surface area contributed by atoms with E-state index in [1.165, 1.54) is 0 Å². The van der Waals surface area contributed by atoms with Crippen LogP contribution in [0.15, 0.2) is 60.7 Å². The summed E-state index contributed by atoms with van der Waals surface area (Å²) >= 11 is 0. The first kappa shape index (κ1) is 23.0. The van der Waals surface area contributed by atoms with Crippen LogP contribution in [0, 0.1) is 5.41 Å². The summed E-state index contributed by atoms with van der Waals surface area (Å²) < 4.78 is 12.6. The Morgan fingerprint density at radius 3 is 2.56 bits per heavy atom. The van der Waals surface area contributed by atoms with Gasteiger partial charge in [0.2, 0.25) is 0 Å². The van der Waals surface area contributed by atoms with E-state index < -0.39 is 0 Å². The second-order valence-electron chi connectivity index (χ2n) is 7.87. The van der Waals surface area contributed by atoms with Crippen molar-refractivity contribution in [2.24, 2.45) is 5.73 Å². The number of rotatable bonds is 8. The van der Waals surface area contributed by atoms with Crippen molar-refractivity contribution in [1.82, 2.24) is 9.78 Å². The van der Waals surface area contributed by atoms with Crippen molar-refractivity contribution in [2.75, 3.05) is 13.7 Å². The summed E-state index contributed by atoms with van der Waals surface area (Å²) in [5.41, 5.74) is 11.5. The van der Waals surface area contributed by atoms with Crippen molar-refractivity contribution in [3.05, 3.63) is 83.0 Å². The van der Waals surface area contributed by atoms with Crippen LogP contribution in [0.2, 0.25) is 0 Å². The molecule has 0 aliphatic rings. The number of nitrogens with two attached hydrogens (primary N) is 1. The average molecular weight is 457 g/mol. The number of aryl methyl sites for hydroxylation is 1. The first-order chi connectivity index (χ1) is 16.5. The number of nitrogens with one attached hydrogen (secondary N) is 1. The summed E-state index contributed by atoms with van der Waals surface area (Å²) in [5, 5.41) is 13.6. The van der Waals surface area contributed by atoms with E-state index >= 15 is 0 Å². The SMILES string of the molecule is CCOC(=O)c1cc(OC)ccc1-c1ccccc1Cc1nn(CC)c2cc(C(=N)N)ccc12. The molecular weight excluding hydrogens is 428 g/mol. The highest BCUT2D eigenvalue weighted by atomic mass is 16.5. The number of nitrogen functional groups attached to an aromatic ring is 1. The van der Waals surface area contributed by atoms with Gasteiger partial charge in [-0.2, -0.15) is 5.10 Å². The molecular formula is C27H28N4O3. The Kier molecular flexibility index (Phi) is 6.63. The number of esters is 1. The first-order valence-corrected chi connectivity index (χ1v) is 11.2. The zero-order chi connectivity index (χ0) is 24.2. The third kappa shape index (κ3) is 4.37. The maximum Gasteiger partial charge on any atom is 0.338 e. The van der Waals surface area contributed by atoms with Gasteiger partial charge < -0.3 is 15.2 Å². The average Bonchev–Trinajstić information content (AvgIpc) is 3.21. The lowest BCUT2D eigenvalue weighted by Gasteiger charge is -2.14. The van der Waals surface area contributed by atoms with E-state index in [9.17, 15) is 4.79 Å². The largest absolute Gasteiger partial charge is 0.497 e. The number of ether oxygens (including phenoxy) is 2. The Morgan fingerprint density at radius 1 is 1.06 bits per heavy atom. The van der Waals surface area contributed by atoms with Crippen LogP contribution in [0.4, 0.5) is 0 Å². The van der Waals surface area contributed by atoms with E-state index in [-0.39, 0.29) is 11.8 Å². The molecule has 0 amide bonds. The van der Waals surface area contributed by atoms with Gasteiger partial charge in [0.25, 0.3) is 0 Å². The van der Waals surface area contributed by atoms with Gasteiger partial charge in [0.1, 0.15) is 11.6 Å². The summed E-state index contributed by atoms with van der Waals surface area (Å²) in [7, 11) is 1.57. The molecule has 7 heteroatoms. The summed E-state index contributed by atoms with van der Waals surface area (Å²) in [4.78, 5) is 12.8. The molecule has 34 heavy (non-hydrogen) atoms. The Labute approximate surface area is 198 Å². The maximum atomic E-state index is 12.8. The lowest BCUT2D eigenvalue weighted by Crippen LogP contribution is -2.10. The molecule has 4 aromatic rings. The summed E-state index contributed by atoms with van der Waals surface area (Å²) in [6, 6.07) is 19.2. The molecule has 1 heterocycles. The van der Waals surface area contributed by atoms with Crippen LogP contribution in [0.1, 0.15) is 41.0 Å². The molecule has 0 saturated carbocycles. The van der Waals surface area contributed by atoms with Crippen LogP contribution in [0.25, 0.3) is 22.0 Å². The van der Waals surface area contributed by atoms with Crippen molar-refractivity contribution < 1.29 is 14.3 Å². The Hall–Kier alpha value is -4.13. The Morgan fingerprint density at radius 2 is 1.85 bits per heavy atom. The standard InChI is InChI=1S/C27H28N4O3/c1-4-31-25-15-18(26(28)29)10-12-22(25)24(30-31)14-17-8-6-7-9-20(17)21-13-11-19(33-3)16-23(21)27(32)34-5-2/h6-13,15-16H,4-5,14H2,1-3H3,(H3,28,29). The monoisotopic (exact) mass is 456 g/mol. The molecule has 0 radical (unpaired) electrons. The fourth-order valence-corrected chi connectivity index (χ4v) is 4.16. The van der Waals surface area contributed by atoms with Gasteiger partial charge in [-0.25, -0.2) is 4.79 Å². The van der Waals surface area contributed by atoms with Gasteiger partial charge >= 0.3 is 5.97 Å². The maximum absolute atomic E-state index is 12.8. The minimum Gasteiger partial charge on any atom is -0.497 e. The number of amidine groups is 1. The topological polar surface area (TPSA) is 103 Å². The predicted molar refractivity (Wildman–Crippen MR) is 134 cm³/mol. The molecule has 174 valence electrons. The molecule has 3 N–H and O–H groups in total. The van der Waals surface area contributed by atoms with Gasteiger partial charge in [0.05, 0.1) is 30.5 Å². The number of carbonyl (C=O) groups excluding carboxylic acids is 1. The normalized spacial score (nSPS) is 10.9. The molecule has 4 rings (SSSR count). The van der Waals surface area contributed by atoms with Crippen LogP contribution < -0.4 is 10.5 Å². The van der Waals surface area contributed by atoms with Crippen molar-refractivity contribution in [3.8, 4) is 16.9 Å². The lowest BCUT2D eigenvalue weighted by molar-refractivity contribution is 0.0527. The van der Waals surface area contributed by atoms with E-state index in [4.69, 9.17) is 25.7 Å². The van der Waals surface area contributed by atoms with Gasteiger partial charge in [-0.05, 0) is 54.8 Å². The first-order valence-electron chi connectivity index (χ1n) is 11.2.